The average molecular weight is 394 g/mol. The molecule has 0 bridgehead atoms. The van der Waals surface area contributed by atoms with Crippen LogP contribution in [0.25, 0.3) is 0 Å². The van der Waals surface area contributed by atoms with Gasteiger partial charge in [0.25, 0.3) is 5.91 Å². The maximum Gasteiger partial charge on any atom is 0.340 e. The molecule has 2 aromatic carbocycles. The summed E-state index contributed by atoms with van der Waals surface area (Å²) in [6.45, 7) is 1.83. The van der Waals surface area contributed by atoms with Crippen molar-refractivity contribution >= 4 is 35.1 Å². The molecule has 2 aromatic rings. The van der Waals surface area contributed by atoms with Crippen LogP contribution in [0.5, 0.6) is 0 Å². The Balaban J connectivity index is 1.87. The number of ether oxygens (including phenoxy) is 2. The molecule has 1 saturated heterocycles. The summed E-state index contributed by atoms with van der Waals surface area (Å²) in [6.07, 6.45) is -1.06. The van der Waals surface area contributed by atoms with E-state index in [9.17, 15) is 9.59 Å². The molecule has 0 spiro atoms. The molecule has 5 nitrogen and oxygen atoms in total. The van der Waals surface area contributed by atoms with Crippen LogP contribution in [0.3, 0.4) is 0 Å². The molecule has 0 aromatic heterocycles. The normalized spacial score (nSPS) is 15.4. The van der Waals surface area contributed by atoms with Gasteiger partial charge >= 0.3 is 5.97 Å². The van der Waals surface area contributed by atoms with Gasteiger partial charge in [-0.3, -0.25) is 4.79 Å². The van der Waals surface area contributed by atoms with Crippen molar-refractivity contribution in [3.05, 3.63) is 69.7 Å². The van der Waals surface area contributed by atoms with E-state index in [-0.39, 0.29) is 21.5 Å². The molecule has 136 valence electrons. The molecule has 7 heteroatoms. The van der Waals surface area contributed by atoms with E-state index in [0.717, 1.165) is 0 Å². The van der Waals surface area contributed by atoms with Crippen LogP contribution in [-0.2, 0) is 14.3 Å². The van der Waals surface area contributed by atoms with E-state index in [1.54, 1.807) is 41.3 Å². The molecule has 0 aliphatic carbocycles. The lowest BCUT2D eigenvalue weighted by Gasteiger charge is -2.30. The number of benzene rings is 2. The SMILES string of the molecule is O=C(O[C@@H](C(=O)N1CCOCC1)c1ccccc1)c1cccc(Cl)c1Cl. The van der Waals surface area contributed by atoms with Crippen molar-refractivity contribution in [1.82, 2.24) is 4.90 Å². The van der Waals surface area contributed by atoms with Crippen LogP contribution in [-0.4, -0.2) is 43.1 Å². The number of halogens is 2. The second-order valence-corrected chi connectivity index (χ2v) is 6.52. The first-order valence-corrected chi connectivity index (χ1v) is 8.90. The molecule has 1 atom stereocenters. The smallest absolute Gasteiger partial charge is 0.340 e. The van der Waals surface area contributed by atoms with Crippen LogP contribution < -0.4 is 0 Å². The van der Waals surface area contributed by atoms with Gasteiger partial charge in [-0.25, -0.2) is 4.79 Å². The molecule has 0 unspecified atom stereocenters. The molecular weight excluding hydrogens is 377 g/mol. The van der Waals surface area contributed by atoms with Crippen LogP contribution >= 0.6 is 23.2 Å². The van der Waals surface area contributed by atoms with Gasteiger partial charge in [-0.15, -0.1) is 0 Å². The minimum Gasteiger partial charge on any atom is -0.444 e. The minimum atomic E-state index is -1.06. The summed E-state index contributed by atoms with van der Waals surface area (Å²) in [5.74, 6) is -0.987. The number of rotatable bonds is 4. The maximum atomic E-state index is 13.0. The molecule has 1 aliphatic heterocycles. The maximum absolute atomic E-state index is 13.0. The Kier molecular flexibility index (Phi) is 6.14. The third kappa shape index (κ3) is 4.18. The largest absolute Gasteiger partial charge is 0.444 e. The second kappa shape index (κ2) is 8.54. The van der Waals surface area contributed by atoms with Crippen LogP contribution in [0.1, 0.15) is 22.0 Å². The lowest BCUT2D eigenvalue weighted by atomic mass is 10.1. The van der Waals surface area contributed by atoms with Crippen LogP contribution in [0, 0.1) is 0 Å². The van der Waals surface area contributed by atoms with E-state index in [4.69, 9.17) is 32.7 Å². The predicted octanol–water partition coefficient (Wildman–Crippen LogP) is 3.75. The summed E-state index contributed by atoms with van der Waals surface area (Å²) in [5, 5.41) is 0.349. The number of carbonyl (C=O) groups is 2. The van der Waals surface area contributed by atoms with Gasteiger partial charge in [0.05, 0.1) is 28.8 Å². The van der Waals surface area contributed by atoms with Crippen molar-refractivity contribution in [3.8, 4) is 0 Å². The summed E-state index contributed by atoms with van der Waals surface area (Å²) < 4.78 is 10.8. The highest BCUT2D eigenvalue weighted by Gasteiger charge is 2.31. The molecule has 1 heterocycles. The van der Waals surface area contributed by atoms with E-state index in [2.05, 4.69) is 0 Å². The standard InChI is InChI=1S/C19H17Cl2NO4/c20-15-8-4-7-14(16(15)21)19(24)26-17(13-5-2-1-3-6-13)18(23)22-9-11-25-12-10-22/h1-8,17H,9-12H2/t17-/m1/s1. The van der Waals surface area contributed by atoms with Crippen molar-refractivity contribution in [2.75, 3.05) is 26.3 Å². The molecule has 1 aliphatic rings. The Morgan fingerprint density at radius 2 is 1.69 bits per heavy atom. The average Bonchev–Trinajstić information content (AvgIpc) is 2.69. The third-order valence-corrected chi connectivity index (χ3v) is 4.86. The molecular formula is C19H17Cl2NO4. The molecule has 0 saturated carbocycles. The van der Waals surface area contributed by atoms with Gasteiger partial charge in [0, 0.05) is 18.7 Å². The van der Waals surface area contributed by atoms with Gasteiger partial charge in [0.2, 0.25) is 6.10 Å². The van der Waals surface area contributed by atoms with Gasteiger partial charge in [-0.05, 0) is 12.1 Å². The second-order valence-electron chi connectivity index (χ2n) is 5.74. The number of hydrogen-bond acceptors (Lipinski definition) is 4. The Morgan fingerprint density at radius 3 is 2.38 bits per heavy atom. The quantitative estimate of drug-likeness (QED) is 0.742. The number of esters is 1. The fourth-order valence-electron chi connectivity index (χ4n) is 2.67. The molecule has 3 rings (SSSR count). The Bertz CT molecular complexity index is 791. The van der Waals surface area contributed by atoms with Crippen molar-refractivity contribution in [1.29, 1.82) is 0 Å². The molecule has 26 heavy (non-hydrogen) atoms. The molecule has 0 radical (unpaired) electrons. The predicted molar refractivity (Wildman–Crippen MR) is 98.5 cm³/mol. The summed E-state index contributed by atoms with van der Waals surface area (Å²) in [7, 11) is 0. The van der Waals surface area contributed by atoms with Crippen molar-refractivity contribution in [2.45, 2.75) is 6.10 Å². The fourth-order valence-corrected chi connectivity index (χ4v) is 3.05. The lowest BCUT2D eigenvalue weighted by Crippen LogP contribution is -2.44. The summed E-state index contributed by atoms with van der Waals surface area (Å²) in [4.78, 5) is 27.2. The minimum absolute atomic E-state index is 0.102. The number of nitrogens with zero attached hydrogens (tertiary/aromatic N) is 1. The van der Waals surface area contributed by atoms with Gasteiger partial charge < -0.3 is 14.4 Å². The van der Waals surface area contributed by atoms with Gasteiger partial charge in [0.15, 0.2) is 0 Å². The van der Waals surface area contributed by atoms with Gasteiger partial charge in [0.1, 0.15) is 0 Å². The van der Waals surface area contributed by atoms with E-state index in [1.165, 1.54) is 6.07 Å². The Labute approximate surface area is 161 Å². The Morgan fingerprint density at radius 1 is 1.00 bits per heavy atom. The van der Waals surface area contributed by atoms with Crippen LogP contribution in [0.2, 0.25) is 10.0 Å². The number of morpholine rings is 1. The Hall–Kier alpha value is -2.08. The monoisotopic (exact) mass is 393 g/mol. The van der Waals surface area contributed by atoms with E-state index >= 15 is 0 Å². The third-order valence-electron chi connectivity index (χ3n) is 4.05. The highest BCUT2D eigenvalue weighted by Crippen LogP contribution is 2.28. The molecule has 1 amide bonds. The summed E-state index contributed by atoms with van der Waals surface area (Å²) in [6, 6.07) is 13.6. The summed E-state index contributed by atoms with van der Waals surface area (Å²) in [5.41, 5.74) is 0.713. The first-order chi connectivity index (χ1) is 12.6. The van der Waals surface area contributed by atoms with Crippen LogP contribution in [0.4, 0.5) is 0 Å². The fraction of sp³-hybridized carbons (Fsp3) is 0.263. The number of hydrogen-bond donors (Lipinski definition) is 0. The van der Waals surface area contributed by atoms with Crippen LogP contribution in [0.15, 0.2) is 48.5 Å². The number of amides is 1. The zero-order valence-electron chi connectivity index (χ0n) is 13.9. The zero-order chi connectivity index (χ0) is 18.5. The molecule has 1 fully saturated rings. The lowest BCUT2D eigenvalue weighted by molar-refractivity contribution is -0.145. The molecule has 0 N–H and O–H groups in total. The van der Waals surface area contributed by atoms with Crippen molar-refractivity contribution in [3.63, 3.8) is 0 Å². The highest BCUT2D eigenvalue weighted by molar-refractivity contribution is 6.43. The topological polar surface area (TPSA) is 55.8 Å². The van der Waals surface area contributed by atoms with E-state index in [0.29, 0.717) is 31.9 Å². The first kappa shape index (κ1) is 18.7. The van der Waals surface area contributed by atoms with Crippen molar-refractivity contribution < 1.29 is 19.1 Å². The van der Waals surface area contributed by atoms with Gasteiger partial charge in [-0.2, -0.15) is 0 Å². The number of carbonyl (C=O) groups excluding carboxylic acids is 2. The van der Waals surface area contributed by atoms with Gasteiger partial charge in [-0.1, -0.05) is 59.6 Å². The zero-order valence-corrected chi connectivity index (χ0v) is 15.4. The van der Waals surface area contributed by atoms with E-state index < -0.39 is 12.1 Å². The first-order valence-electron chi connectivity index (χ1n) is 8.14. The highest BCUT2D eigenvalue weighted by atomic mass is 35.5. The van der Waals surface area contributed by atoms with Crippen molar-refractivity contribution in [2.24, 2.45) is 0 Å². The van der Waals surface area contributed by atoms with E-state index in [1.807, 2.05) is 6.07 Å². The summed E-state index contributed by atoms with van der Waals surface area (Å²) >= 11 is 12.1.